The van der Waals surface area contributed by atoms with E-state index in [4.69, 9.17) is 21.7 Å². The molecule has 0 unspecified atom stereocenters. The van der Waals surface area contributed by atoms with Gasteiger partial charge in [-0.25, -0.2) is 4.79 Å². The molecule has 2 aromatic carbocycles. The Balaban J connectivity index is 2.03. The first-order chi connectivity index (χ1) is 12.8. The predicted octanol–water partition coefficient (Wildman–Crippen LogP) is 3.98. The van der Waals surface area contributed by atoms with Crippen molar-refractivity contribution in [2.24, 2.45) is 0 Å². The van der Waals surface area contributed by atoms with Crippen LogP contribution in [0.15, 0.2) is 42.5 Å². The van der Waals surface area contributed by atoms with Crippen LogP contribution in [0.1, 0.15) is 24.2 Å². The Morgan fingerprint density at radius 1 is 1.15 bits per heavy atom. The lowest BCUT2D eigenvalue weighted by Crippen LogP contribution is -2.19. The van der Waals surface area contributed by atoms with Gasteiger partial charge in [0.25, 0.3) is 5.69 Å². The fourth-order valence-electron chi connectivity index (χ4n) is 2.15. The van der Waals surface area contributed by atoms with Crippen LogP contribution in [-0.4, -0.2) is 29.2 Å². The predicted molar refractivity (Wildman–Crippen MR) is 106 cm³/mol. The van der Waals surface area contributed by atoms with Gasteiger partial charge in [0.1, 0.15) is 5.75 Å². The Hall–Kier alpha value is -3.20. The van der Waals surface area contributed by atoms with Crippen molar-refractivity contribution >= 4 is 40.4 Å². The molecule has 0 aliphatic heterocycles. The number of benzene rings is 2. The Kier molecular flexibility index (Phi) is 6.67. The minimum atomic E-state index is -0.505. The topological polar surface area (TPSA) is 103 Å². The first-order valence-corrected chi connectivity index (χ1v) is 8.42. The van der Waals surface area contributed by atoms with E-state index in [9.17, 15) is 14.9 Å². The third-order valence-corrected chi connectivity index (χ3v) is 3.57. The van der Waals surface area contributed by atoms with Crippen LogP contribution in [0.4, 0.5) is 17.1 Å². The number of ether oxygens (including phenoxy) is 2. The average molecular weight is 389 g/mol. The van der Waals surface area contributed by atoms with Crippen LogP contribution in [0.3, 0.4) is 0 Å². The van der Waals surface area contributed by atoms with Crippen molar-refractivity contribution in [1.82, 2.24) is 0 Å². The molecule has 2 rings (SSSR count). The minimum Gasteiger partial charge on any atom is -0.494 e. The Bertz CT molecular complexity index is 853. The summed E-state index contributed by atoms with van der Waals surface area (Å²) in [5.74, 6) is -0.104. The molecule has 0 spiro atoms. The highest BCUT2D eigenvalue weighted by molar-refractivity contribution is 7.80. The monoisotopic (exact) mass is 389 g/mol. The number of hydrogen-bond acceptors (Lipinski definition) is 6. The van der Waals surface area contributed by atoms with E-state index >= 15 is 0 Å². The highest BCUT2D eigenvalue weighted by atomic mass is 32.1. The third-order valence-electron chi connectivity index (χ3n) is 3.37. The van der Waals surface area contributed by atoms with E-state index in [0.717, 1.165) is 0 Å². The molecule has 142 valence electrons. The fraction of sp³-hybridized carbons (Fsp3) is 0.222. The third kappa shape index (κ3) is 5.65. The molecule has 0 aliphatic carbocycles. The maximum Gasteiger partial charge on any atom is 0.338 e. The van der Waals surface area contributed by atoms with E-state index in [1.807, 2.05) is 0 Å². The van der Waals surface area contributed by atoms with Gasteiger partial charge < -0.3 is 20.1 Å². The minimum absolute atomic E-state index is 0.0832. The van der Waals surface area contributed by atoms with Crippen molar-refractivity contribution in [2.45, 2.75) is 20.0 Å². The second-order valence-corrected chi connectivity index (χ2v) is 6.16. The van der Waals surface area contributed by atoms with Crippen LogP contribution in [0.2, 0.25) is 0 Å². The summed E-state index contributed by atoms with van der Waals surface area (Å²) in [6.07, 6.45) is -0.191. The van der Waals surface area contributed by atoms with E-state index in [0.29, 0.717) is 22.7 Å². The van der Waals surface area contributed by atoms with Crippen molar-refractivity contribution in [2.75, 3.05) is 17.7 Å². The molecule has 0 bridgehead atoms. The number of carbonyl (C=O) groups excluding carboxylic acids is 1. The SMILES string of the molecule is COc1cc([N+](=O)[O-])ccc1NC(=S)Nc1ccc(C(=O)OC(C)C)cc1. The molecule has 0 radical (unpaired) electrons. The lowest BCUT2D eigenvalue weighted by Gasteiger charge is -2.13. The van der Waals surface area contributed by atoms with Gasteiger partial charge in [-0.15, -0.1) is 0 Å². The maximum atomic E-state index is 11.8. The number of esters is 1. The molecule has 0 amide bonds. The van der Waals surface area contributed by atoms with Crippen LogP contribution in [-0.2, 0) is 4.74 Å². The molecule has 2 N–H and O–H groups in total. The zero-order valence-electron chi connectivity index (χ0n) is 15.0. The summed E-state index contributed by atoms with van der Waals surface area (Å²) in [4.78, 5) is 22.2. The summed E-state index contributed by atoms with van der Waals surface area (Å²) >= 11 is 5.25. The fourth-order valence-corrected chi connectivity index (χ4v) is 2.38. The number of nitro groups is 1. The molecule has 27 heavy (non-hydrogen) atoms. The average Bonchev–Trinajstić information content (AvgIpc) is 2.61. The molecular weight excluding hydrogens is 370 g/mol. The van der Waals surface area contributed by atoms with E-state index in [2.05, 4.69) is 10.6 Å². The van der Waals surface area contributed by atoms with Crippen molar-refractivity contribution in [3.05, 3.63) is 58.1 Å². The van der Waals surface area contributed by atoms with Gasteiger partial charge in [0.2, 0.25) is 0 Å². The standard InChI is InChI=1S/C18H19N3O5S/c1-11(2)26-17(22)12-4-6-13(7-5-12)19-18(27)20-15-9-8-14(21(23)24)10-16(15)25-3/h4-11H,1-3H3,(H2,19,20,27). The lowest BCUT2D eigenvalue weighted by molar-refractivity contribution is -0.384. The Morgan fingerprint density at radius 3 is 2.37 bits per heavy atom. The van der Waals surface area contributed by atoms with Crippen molar-refractivity contribution in [1.29, 1.82) is 0 Å². The lowest BCUT2D eigenvalue weighted by atomic mass is 10.2. The molecule has 2 aromatic rings. The van der Waals surface area contributed by atoms with Gasteiger partial charge >= 0.3 is 5.97 Å². The summed E-state index contributed by atoms with van der Waals surface area (Å²) in [7, 11) is 1.41. The molecule has 8 nitrogen and oxygen atoms in total. The zero-order chi connectivity index (χ0) is 20.0. The van der Waals surface area contributed by atoms with Gasteiger partial charge in [-0.2, -0.15) is 0 Å². The second-order valence-electron chi connectivity index (χ2n) is 5.75. The highest BCUT2D eigenvalue weighted by Gasteiger charge is 2.13. The Morgan fingerprint density at radius 2 is 1.81 bits per heavy atom. The van der Waals surface area contributed by atoms with Crippen LogP contribution in [0.5, 0.6) is 5.75 Å². The highest BCUT2D eigenvalue weighted by Crippen LogP contribution is 2.29. The maximum absolute atomic E-state index is 11.8. The van der Waals surface area contributed by atoms with Gasteiger partial charge in [-0.3, -0.25) is 10.1 Å². The van der Waals surface area contributed by atoms with Gasteiger partial charge in [0, 0.05) is 11.8 Å². The second kappa shape index (κ2) is 8.95. The van der Waals surface area contributed by atoms with Crippen molar-refractivity contribution in [3.8, 4) is 5.75 Å². The number of nitro benzene ring substituents is 1. The first-order valence-electron chi connectivity index (χ1n) is 8.01. The van der Waals surface area contributed by atoms with Gasteiger partial charge in [-0.1, -0.05) is 0 Å². The number of non-ortho nitro benzene ring substituents is 1. The molecule has 0 saturated carbocycles. The molecule has 0 aromatic heterocycles. The van der Waals surface area contributed by atoms with E-state index in [-0.39, 0.29) is 16.9 Å². The van der Waals surface area contributed by atoms with Crippen LogP contribution < -0.4 is 15.4 Å². The largest absolute Gasteiger partial charge is 0.494 e. The zero-order valence-corrected chi connectivity index (χ0v) is 15.8. The van der Waals surface area contributed by atoms with Crippen LogP contribution >= 0.6 is 12.2 Å². The summed E-state index contributed by atoms with van der Waals surface area (Å²) in [5, 5.41) is 17.0. The van der Waals surface area contributed by atoms with Crippen LogP contribution in [0, 0.1) is 10.1 Å². The van der Waals surface area contributed by atoms with Gasteiger partial charge in [-0.05, 0) is 56.4 Å². The number of carbonyl (C=O) groups is 1. The number of anilines is 2. The molecule has 0 saturated heterocycles. The number of rotatable bonds is 6. The van der Waals surface area contributed by atoms with Crippen LogP contribution in [0.25, 0.3) is 0 Å². The number of hydrogen-bond donors (Lipinski definition) is 2. The number of nitrogens with zero attached hydrogens (tertiary/aromatic N) is 1. The Labute approximate surface area is 161 Å². The summed E-state index contributed by atoms with van der Waals surface area (Å²) in [6, 6.07) is 10.8. The smallest absolute Gasteiger partial charge is 0.338 e. The number of thiocarbonyl (C=S) groups is 1. The van der Waals surface area contributed by atoms with Gasteiger partial charge in [0.05, 0.1) is 35.5 Å². The van der Waals surface area contributed by atoms with Crippen molar-refractivity contribution in [3.63, 3.8) is 0 Å². The van der Waals surface area contributed by atoms with Crippen molar-refractivity contribution < 1.29 is 19.2 Å². The normalized spacial score (nSPS) is 10.2. The molecule has 0 aliphatic rings. The summed E-state index contributed by atoms with van der Waals surface area (Å²) in [5.41, 5.74) is 1.50. The molecule has 9 heteroatoms. The summed E-state index contributed by atoms with van der Waals surface area (Å²) in [6.45, 7) is 3.56. The summed E-state index contributed by atoms with van der Waals surface area (Å²) < 4.78 is 10.3. The molecule has 0 heterocycles. The molecule has 0 fully saturated rings. The quantitative estimate of drug-likeness (QED) is 0.331. The first kappa shape index (κ1) is 20.1. The molecule has 0 atom stereocenters. The van der Waals surface area contributed by atoms with Gasteiger partial charge in [0.15, 0.2) is 5.11 Å². The number of nitrogens with one attached hydrogen (secondary N) is 2. The van der Waals surface area contributed by atoms with E-state index in [1.165, 1.54) is 25.3 Å². The number of methoxy groups -OCH3 is 1. The molecular formula is C18H19N3O5S. The van der Waals surface area contributed by atoms with E-state index < -0.39 is 10.9 Å². The van der Waals surface area contributed by atoms with E-state index in [1.54, 1.807) is 38.1 Å².